The summed E-state index contributed by atoms with van der Waals surface area (Å²) in [5, 5.41) is 5.34. The number of hydrogen-bond donors (Lipinski definition) is 0. The molecule has 5 heteroatoms. The van der Waals surface area contributed by atoms with E-state index in [0.29, 0.717) is 5.69 Å². The van der Waals surface area contributed by atoms with Crippen LogP contribution >= 0.6 is 0 Å². The number of para-hydroxylation sites is 1. The van der Waals surface area contributed by atoms with E-state index in [9.17, 15) is 4.79 Å². The van der Waals surface area contributed by atoms with Gasteiger partial charge in [-0.05, 0) is 41.5 Å². The number of ether oxygens (including phenoxy) is 1. The second-order valence-corrected chi connectivity index (χ2v) is 8.11. The van der Waals surface area contributed by atoms with Crippen molar-refractivity contribution in [1.29, 1.82) is 0 Å². The van der Waals surface area contributed by atoms with Crippen molar-refractivity contribution >= 4 is 22.6 Å². The van der Waals surface area contributed by atoms with Crippen LogP contribution in [0.4, 0.5) is 5.69 Å². The van der Waals surface area contributed by atoms with Crippen molar-refractivity contribution in [2.45, 2.75) is 13.1 Å². The Balaban J connectivity index is 1.49. The first-order chi connectivity index (χ1) is 16.7. The summed E-state index contributed by atoms with van der Waals surface area (Å²) in [6, 6.07) is 36.9. The highest BCUT2D eigenvalue weighted by atomic mass is 16.5. The maximum Gasteiger partial charge on any atom is 0.359 e. The van der Waals surface area contributed by atoms with E-state index in [-0.39, 0.29) is 0 Å². The highest BCUT2D eigenvalue weighted by Gasteiger charge is 2.18. The van der Waals surface area contributed by atoms with E-state index in [0.717, 1.165) is 35.4 Å². The lowest BCUT2D eigenvalue weighted by Crippen LogP contribution is -2.22. The minimum absolute atomic E-state index is 0.317. The number of carbonyl (C=O) groups excluding carboxylic acids is 1. The molecule has 0 saturated heterocycles. The van der Waals surface area contributed by atoms with Gasteiger partial charge in [-0.1, -0.05) is 78.9 Å². The molecule has 0 aliphatic heterocycles. The average molecular weight is 448 g/mol. The molecule has 0 amide bonds. The molecule has 0 aliphatic rings. The molecular weight excluding hydrogens is 422 g/mol. The molecule has 5 rings (SSSR count). The number of anilines is 1. The van der Waals surface area contributed by atoms with Gasteiger partial charge in [0.05, 0.1) is 18.3 Å². The van der Waals surface area contributed by atoms with Gasteiger partial charge in [0.15, 0.2) is 5.69 Å². The monoisotopic (exact) mass is 447 g/mol. The van der Waals surface area contributed by atoms with Crippen LogP contribution in [0.15, 0.2) is 109 Å². The Bertz CT molecular complexity index is 1350. The summed E-state index contributed by atoms with van der Waals surface area (Å²) in [5.41, 5.74) is 5.68. The molecule has 0 N–H and O–H groups in total. The number of benzene rings is 4. The zero-order chi connectivity index (χ0) is 23.3. The van der Waals surface area contributed by atoms with Crippen LogP contribution in [0.2, 0.25) is 0 Å². The van der Waals surface area contributed by atoms with Gasteiger partial charge in [0.1, 0.15) is 0 Å². The molecular formula is C29H25N3O2. The molecule has 0 unspecified atom stereocenters. The van der Waals surface area contributed by atoms with Crippen LogP contribution in [-0.2, 0) is 17.8 Å². The summed E-state index contributed by atoms with van der Waals surface area (Å²) in [6.45, 7) is 1.60. The zero-order valence-electron chi connectivity index (χ0n) is 19.0. The summed E-state index contributed by atoms with van der Waals surface area (Å²) in [5.74, 6) is -0.441. The molecule has 0 aliphatic carbocycles. The minimum atomic E-state index is -0.441. The minimum Gasteiger partial charge on any atom is -0.464 e. The molecule has 168 valence electrons. The van der Waals surface area contributed by atoms with Crippen molar-refractivity contribution in [3.8, 4) is 5.69 Å². The first kappa shape index (κ1) is 21.5. The number of rotatable bonds is 7. The molecule has 5 aromatic rings. The molecule has 0 atom stereocenters. The van der Waals surface area contributed by atoms with Crippen LogP contribution < -0.4 is 4.90 Å². The Labute approximate surface area is 198 Å². The predicted octanol–water partition coefficient (Wildman–Crippen LogP) is 6.02. The molecule has 0 fully saturated rings. The van der Waals surface area contributed by atoms with Gasteiger partial charge in [0, 0.05) is 24.2 Å². The van der Waals surface area contributed by atoms with Gasteiger partial charge < -0.3 is 9.64 Å². The van der Waals surface area contributed by atoms with E-state index < -0.39 is 5.97 Å². The third kappa shape index (κ3) is 4.41. The smallest absolute Gasteiger partial charge is 0.359 e. The summed E-state index contributed by atoms with van der Waals surface area (Å²) >= 11 is 0. The van der Waals surface area contributed by atoms with E-state index in [1.165, 1.54) is 18.2 Å². The third-order valence-corrected chi connectivity index (χ3v) is 5.86. The molecule has 1 aromatic heterocycles. The Morgan fingerprint density at radius 1 is 0.765 bits per heavy atom. The fourth-order valence-corrected chi connectivity index (χ4v) is 4.16. The number of aromatic nitrogens is 2. The summed E-state index contributed by atoms with van der Waals surface area (Å²) in [4.78, 5) is 14.6. The van der Waals surface area contributed by atoms with Crippen molar-refractivity contribution in [2.75, 3.05) is 12.0 Å². The van der Waals surface area contributed by atoms with Crippen molar-refractivity contribution < 1.29 is 9.53 Å². The van der Waals surface area contributed by atoms with Gasteiger partial charge in [-0.25, -0.2) is 9.48 Å². The summed E-state index contributed by atoms with van der Waals surface area (Å²) in [7, 11) is 1.37. The van der Waals surface area contributed by atoms with Gasteiger partial charge in [-0.3, -0.25) is 0 Å². The predicted molar refractivity (Wildman–Crippen MR) is 135 cm³/mol. The summed E-state index contributed by atoms with van der Waals surface area (Å²) < 4.78 is 6.73. The van der Waals surface area contributed by atoms with Crippen molar-refractivity contribution in [3.05, 3.63) is 126 Å². The fourth-order valence-electron chi connectivity index (χ4n) is 4.16. The molecule has 34 heavy (non-hydrogen) atoms. The second kappa shape index (κ2) is 9.63. The lowest BCUT2D eigenvalue weighted by molar-refractivity contribution is 0.0595. The van der Waals surface area contributed by atoms with Crippen LogP contribution in [0.5, 0.6) is 0 Å². The van der Waals surface area contributed by atoms with Gasteiger partial charge >= 0.3 is 5.97 Å². The van der Waals surface area contributed by atoms with E-state index in [4.69, 9.17) is 4.74 Å². The maximum atomic E-state index is 12.3. The number of esters is 1. The highest BCUT2D eigenvalue weighted by Crippen LogP contribution is 2.26. The quantitative estimate of drug-likeness (QED) is 0.286. The van der Waals surface area contributed by atoms with Crippen LogP contribution in [0, 0.1) is 0 Å². The Morgan fingerprint density at radius 2 is 1.32 bits per heavy atom. The van der Waals surface area contributed by atoms with Gasteiger partial charge in [-0.15, -0.1) is 0 Å². The largest absolute Gasteiger partial charge is 0.464 e. The molecule has 0 radical (unpaired) electrons. The van der Waals surface area contributed by atoms with Crippen LogP contribution in [-0.4, -0.2) is 22.9 Å². The van der Waals surface area contributed by atoms with Crippen LogP contribution in [0.25, 0.3) is 16.6 Å². The SMILES string of the molecule is COC(=O)c1nn(-c2ccc(N(Cc3ccccc3)Cc3ccccc3)cc2)c2ccccc12. The summed E-state index contributed by atoms with van der Waals surface area (Å²) in [6.07, 6.45) is 0. The number of hydrogen-bond acceptors (Lipinski definition) is 4. The Morgan fingerprint density at radius 3 is 1.91 bits per heavy atom. The zero-order valence-corrected chi connectivity index (χ0v) is 19.0. The van der Waals surface area contributed by atoms with Gasteiger partial charge in [-0.2, -0.15) is 5.10 Å². The number of nitrogens with zero attached hydrogens (tertiary/aromatic N) is 3. The maximum absolute atomic E-state index is 12.3. The van der Waals surface area contributed by atoms with Gasteiger partial charge in [0.25, 0.3) is 0 Å². The lowest BCUT2D eigenvalue weighted by atomic mass is 10.1. The third-order valence-electron chi connectivity index (χ3n) is 5.86. The topological polar surface area (TPSA) is 47.4 Å². The fraction of sp³-hybridized carbons (Fsp3) is 0.103. The van der Waals surface area contributed by atoms with Crippen molar-refractivity contribution in [2.24, 2.45) is 0 Å². The first-order valence-electron chi connectivity index (χ1n) is 11.2. The number of fused-ring (bicyclic) bond motifs is 1. The van der Waals surface area contributed by atoms with Crippen molar-refractivity contribution in [1.82, 2.24) is 9.78 Å². The van der Waals surface area contributed by atoms with E-state index in [2.05, 4.69) is 70.7 Å². The molecule has 5 nitrogen and oxygen atoms in total. The molecule has 0 spiro atoms. The number of carbonyl (C=O) groups is 1. The van der Waals surface area contributed by atoms with Crippen molar-refractivity contribution in [3.63, 3.8) is 0 Å². The average Bonchev–Trinajstić information content (AvgIpc) is 3.29. The van der Waals surface area contributed by atoms with Crippen LogP contribution in [0.3, 0.4) is 0 Å². The van der Waals surface area contributed by atoms with E-state index in [1.807, 2.05) is 48.5 Å². The highest BCUT2D eigenvalue weighted by molar-refractivity contribution is 6.02. The van der Waals surface area contributed by atoms with Gasteiger partial charge in [0.2, 0.25) is 0 Å². The van der Waals surface area contributed by atoms with E-state index in [1.54, 1.807) is 4.68 Å². The normalized spacial score (nSPS) is 10.9. The lowest BCUT2D eigenvalue weighted by Gasteiger charge is -2.25. The standard InChI is InChI=1S/C29H25N3O2/c1-34-29(33)28-26-14-8-9-15-27(26)32(30-28)25-18-16-24(17-19-25)31(20-22-10-4-2-5-11-22)21-23-12-6-3-7-13-23/h2-19H,20-21H2,1H3. The first-order valence-corrected chi connectivity index (χ1v) is 11.2. The molecule has 0 saturated carbocycles. The van der Waals surface area contributed by atoms with E-state index >= 15 is 0 Å². The Kier molecular flexibility index (Phi) is 6.08. The van der Waals surface area contributed by atoms with Crippen LogP contribution in [0.1, 0.15) is 21.6 Å². The molecule has 4 aromatic carbocycles. The second-order valence-electron chi connectivity index (χ2n) is 8.11. The molecule has 1 heterocycles. The number of methoxy groups -OCH3 is 1. The Hall–Kier alpha value is -4.38. The molecule has 0 bridgehead atoms.